The number of rotatable bonds is 6. The molecule has 0 radical (unpaired) electrons. The van der Waals surface area contributed by atoms with Crippen molar-refractivity contribution < 1.29 is 14.3 Å². The van der Waals surface area contributed by atoms with E-state index in [9.17, 15) is 4.79 Å². The molecule has 2 rings (SSSR count). The Morgan fingerprint density at radius 1 is 1.35 bits per heavy atom. The third kappa shape index (κ3) is 4.28. The van der Waals surface area contributed by atoms with E-state index in [0.29, 0.717) is 13.2 Å². The van der Waals surface area contributed by atoms with Gasteiger partial charge in [-0.15, -0.1) is 0 Å². The molecule has 0 aliphatic heterocycles. The zero-order valence-electron chi connectivity index (χ0n) is 11.2. The van der Waals surface area contributed by atoms with Crippen LogP contribution in [0.2, 0.25) is 0 Å². The van der Waals surface area contributed by atoms with Crippen molar-refractivity contribution in [1.82, 2.24) is 9.78 Å². The average molecular weight is 272 g/mol. The molecular weight excluding hydrogens is 256 g/mol. The van der Waals surface area contributed by atoms with Gasteiger partial charge in [0.05, 0.1) is 13.7 Å². The number of hydrogen-bond acceptors (Lipinski definition) is 4. The summed E-state index contributed by atoms with van der Waals surface area (Å²) in [6.45, 7) is 1.26. The predicted molar refractivity (Wildman–Crippen MR) is 75.2 cm³/mol. The van der Waals surface area contributed by atoms with Crippen molar-refractivity contribution in [1.29, 1.82) is 0 Å². The van der Waals surface area contributed by atoms with Crippen LogP contribution in [0.1, 0.15) is 5.56 Å². The molecular formula is C15H16N2O3. The number of esters is 1. The first-order valence-electron chi connectivity index (χ1n) is 6.24. The number of carbonyl (C=O) groups is 1. The molecule has 1 aromatic heterocycles. The number of benzene rings is 1. The lowest BCUT2D eigenvalue weighted by molar-refractivity contribution is -0.134. The second-order valence-electron chi connectivity index (χ2n) is 4.04. The molecule has 0 bridgehead atoms. The van der Waals surface area contributed by atoms with Crippen LogP contribution >= 0.6 is 0 Å². The summed E-state index contributed by atoms with van der Waals surface area (Å²) < 4.78 is 11.9. The summed E-state index contributed by atoms with van der Waals surface area (Å²) in [6, 6.07) is 9.36. The van der Waals surface area contributed by atoms with Crippen molar-refractivity contribution in [3.05, 3.63) is 54.4 Å². The first kappa shape index (κ1) is 13.9. The quantitative estimate of drug-likeness (QED) is 0.597. The van der Waals surface area contributed by atoms with E-state index in [4.69, 9.17) is 4.74 Å². The number of hydrogen-bond donors (Lipinski definition) is 0. The van der Waals surface area contributed by atoms with Crippen LogP contribution in [0.3, 0.4) is 0 Å². The van der Waals surface area contributed by atoms with Crippen LogP contribution in [-0.4, -0.2) is 29.5 Å². The lowest BCUT2D eigenvalue weighted by atomic mass is 10.2. The molecule has 0 saturated carbocycles. The zero-order valence-corrected chi connectivity index (χ0v) is 11.2. The summed E-state index contributed by atoms with van der Waals surface area (Å²) in [4.78, 5) is 11.0. The van der Waals surface area contributed by atoms with Crippen molar-refractivity contribution in [3.8, 4) is 5.75 Å². The minimum atomic E-state index is -0.371. The van der Waals surface area contributed by atoms with Crippen LogP contribution in [-0.2, 0) is 16.1 Å². The van der Waals surface area contributed by atoms with Gasteiger partial charge in [0, 0.05) is 18.5 Å². The molecule has 0 atom stereocenters. The van der Waals surface area contributed by atoms with Gasteiger partial charge in [-0.05, 0) is 29.8 Å². The van der Waals surface area contributed by atoms with Gasteiger partial charge in [0.25, 0.3) is 0 Å². The van der Waals surface area contributed by atoms with Gasteiger partial charge in [-0.1, -0.05) is 12.1 Å². The molecule has 1 aromatic carbocycles. The monoisotopic (exact) mass is 272 g/mol. The van der Waals surface area contributed by atoms with Crippen LogP contribution in [0, 0.1) is 0 Å². The van der Waals surface area contributed by atoms with Crippen LogP contribution in [0.15, 0.2) is 48.8 Å². The van der Waals surface area contributed by atoms with E-state index in [2.05, 4.69) is 9.84 Å². The Bertz CT molecular complexity index is 559. The lowest BCUT2D eigenvalue weighted by Crippen LogP contribution is -2.08. The van der Waals surface area contributed by atoms with Gasteiger partial charge in [-0.25, -0.2) is 4.79 Å². The lowest BCUT2D eigenvalue weighted by Gasteiger charge is -2.06. The van der Waals surface area contributed by atoms with Crippen molar-refractivity contribution in [2.75, 3.05) is 13.7 Å². The van der Waals surface area contributed by atoms with Crippen LogP contribution in [0.25, 0.3) is 6.08 Å². The highest BCUT2D eigenvalue weighted by molar-refractivity contribution is 5.86. The maximum absolute atomic E-state index is 11.0. The maximum Gasteiger partial charge on any atom is 0.330 e. The minimum Gasteiger partial charge on any atom is -0.492 e. The summed E-state index contributed by atoms with van der Waals surface area (Å²) in [5, 5.41) is 4.09. The van der Waals surface area contributed by atoms with Gasteiger partial charge < -0.3 is 9.47 Å². The molecule has 0 amide bonds. The molecule has 0 N–H and O–H groups in total. The van der Waals surface area contributed by atoms with E-state index in [-0.39, 0.29) is 5.97 Å². The third-order valence-corrected chi connectivity index (χ3v) is 2.64. The summed E-state index contributed by atoms with van der Waals surface area (Å²) in [5.41, 5.74) is 0.912. The minimum absolute atomic E-state index is 0.371. The average Bonchev–Trinajstić information content (AvgIpc) is 2.99. The summed E-state index contributed by atoms with van der Waals surface area (Å²) in [5.74, 6) is 0.414. The fraction of sp³-hybridized carbons (Fsp3) is 0.200. The third-order valence-electron chi connectivity index (χ3n) is 2.64. The predicted octanol–water partition coefficient (Wildman–Crippen LogP) is 2.15. The second-order valence-corrected chi connectivity index (χ2v) is 4.04. The van der Waals surface area contributed by atoms with Gasteiger partial charge in [0.2, 0.25) is 0 Å². The highest BCUT2D eigenvalue weighted by atomic mass is 16.5. The van der Waals surface area contributed by atoms with E-state index in [1.54, 1.807) is 12.3 Å². The number of aromatic nitrogens is 2. The second kappa shape index (κ2) is 7.13. The summed E-state index contributed by atoms with van der Waals surface area (Å²) >= 11 is 0. The summed E-state index contributed by atoms with van der Waals surface area (Å²) in [7, 11) is 1.35. The van der Waals surface area contributed by atoms with Gasteiger partial charge in [0.15, 0.2) is 0 Å². The number of methoxy groups -OCH3 is 1. The number of carbonyl (C=O) groups excluding carboxylic acids is 1. The topological polar surface area (TPSA) is 53.4 Å². The van der Waals surface area contributed by atoms with E-state index < -0.39 is 0 Å². The van der Waals surface area contributed by atoms with E-state index in [1.807, 2.05) is 41.2 Å². The fourth-order valence-corrected chi connectivity index (χ4v) is 1.60. The smallest absolute Gasteiger partial charge is 0.330 e. The molecule has 0 spiro atoms. The molecule has 0 aliphatic rings. The van der Waals surface area contributed by atoms with Crippen molar-refractivity contribution in [2.45, 2.75) is 6.54 Å². The molecule has 0 fully saturated rings. The van der Waals surface area contributed by atoms with Crippen LogP contribution < -0.4 is 4.74 Å². The van der Waals surface area contributed by atoms with Crippen LogP contribution in [0.5, 0.6) is 5.75 Å². The van der Waals surface area contributed by atoms with E-state index >= 15 is 0 Å². The molecule has 5 nitrogen and oxygen atoms in total. The normalized spacial score (nSPS) is 10.7. The maximum atomic E-state index is 11.0. The Balaban J connectivity index is 1.82. The number of nitrogens with zero attached hydrogens (tertiary/aromatic N) is 2. The Kier molecular flexibility index (Phi) is 4.94. The zero-order chi connectivity index (χ0) is 14.2. The van der Waals surface area contributed by atoms with Gasteiger partial charge >= 0.3 is 5.97 Å². The SMILES string of the molecule is COC(=O)/C=C/c1ccc(OCCn2cccn2)cc1. The Labute approximate surface area is 117 Å². The molecule has 0 aliphatic carbocycles. The van der Waals surface area contributed by atoms with Crippen LogP contribution in [0.4, 0.5) is 0 Å². The molecule has 5 heteroatoms. The van der Waals surface area contributed by atoms with Crippen molar-refractivity contribution >= 4 is 12.0 Å². The fourth-order valence-electron chi connectivity index (χ4n) is 1.60. The Morgan fingerprint density at radius 3 is 2.80 bits per heavy atom. The highest BCUT2D eigenvalue weighted by Crippen LogP contribution is 2.13. The van der Waals surface area contributed by atoms with Gasteiger partial charge in [0.1, 0.15) is 12.4 Å². The highest BCUT2D eigenvalue weighted by Gasteiger charge is 1.96. The largest absolute Gasteiger partial charge is 0.492 e. The molecule has 1 heterocycles. The van der Waals surface area contributed by atoms with E-state index in [0.717, 1.165) is 11.3 Å². The molecule has 0 unspecified atom stereocenters. The standard InChI is InChI=1S/C15H16N2O3/c1-19-15(18)8-5-13-3-6-14(7-4-13)20-12-11-17-10-2-9-16-17/h2-10H,11-12H2,1H3/b8-5+. The molecule has 2 aromatic rings. The molecule has 20 heavy (non-hydrogen) atoms. The first-order chi connectivity index (χ1) is 9.78. The summed E-state index contributed by atoms with van der Waals surface area (Å²) in [6.07, 6.45) is 6.71. The van der Waals surface area contributed by atoms with Gasteiger partial charge in [-0.3, -0.25) is 4.68 Å². The van der Waals surface area contributed by atoms with Crippen molar-refractivity contribution in [3.63, 3.8) is 0 Å². The van der Waals surface area contributed by atoms with E-state index in [1.165, 1.54) is 13.2 Å². The number of ether oxygens (including phenoxy) is 2. The van der Waals surface area contributed by atoms with Crippen molar-refractivity contribution in [2.24, 2.45) is 0 Å². The molecule has 104 valence electrons. The first-order valence-corrected chi connectivity index (χ1v) is 6.24. The Morgan fingerprint density at radius 2 is 2.15 bits per heavy atom. The Hall–Kier alpha value is -2.56. The van der Waals surface area contributed by atoms with Gasteiger partial charge in [-0.2, -0.15) is 5.10 Å². The molecule has 0 saturated heterocycles.